The number of nitrogens with two attached hydrogens (primary N) is 1. The second-order valence-corrected chi connectivity index (χ2v) is 8.89. The summed E-state index contributed by atoms with van der Waals surface area (Å²) in [6, 6.07) is 2.58. The third kappa shape index (κ3) is 4.40. The van der Waals surface area contributed by atoms with Gasteiger partial charge in [-0.25, -0.2) is 9.78 Å². The number of hydrogen-bond donors (Lipinski definition) is 1. The third-order valence-corrected chi connectivity index (χ3v) is 6.56. The van der Waals surface area contributed by atoms with Gasteiger partial charge >= 0.3 is 6.09 Å². The Bertz CT molecular complexity index is 728. The van der Waals surface area contributed by atoms with Crippen molar-refractivity contribution in [2.45, 2.75) is 37.8 Å². The molecule has 0 unspecified atom stereocenters. The lowest BCUT2D eigenvalue weighted by molar-refractivity contribution is 0.0366. The maximum absolute atomic E-state index is 12.5. The number of aryl methyl sites for hydroxylation is 1. The van der Waals surface area contributed by atoms with E-state index in [2.05, 4.69) is 38.8 Å². The molecular weight excluding hydrogens is 370 g/mol. The molecule has 3 fully saturated rings. The highest BCUT2D eigenvalue weighted by atomic mass is 16.6. The summed E-state index contributed by atoms with van der Waals surface area (Å²) in [6.07, 6.45) is 2.66. The van der Waals surface area contributed by atoms with Crippen LogP contribution in [0.1, 0.15) is 25.0 Å². The number of rotatable bonds is 5. The zero-order valence-corrected chi connectivity index (χ0v) is 17.8. The zero-order chi connectivity index (χ0) is 20.6. The highest BCUT2D eigenvalue weighted by molar-refractivity contribution is 5.70. The van der Waals surface area contributed by atoms with Crippen LogP contribution in [-0.4, -0.2) is 102 Å². The van der Waals surface area contributed by atoms with Gasteiger partial charge in [0.15, 0.2) is 0 Å². The van der Waals surface area contributed by atoms with Gasteiger partial charge in [0.05, 0.1) is 6.54 Å². The number of nitrogens with zero attached hydrogens (tertiary/aromatic N) is 6. The van der Waals surface area contributed by atoms with Gasteiger partial charge in [0, 0.05) is 63.4 Å². The minimum absolute atomic E-state index is 0.163. The number of carbonyl (C=O) groups is 1. The molecule has 0 bridgehead atoms. The Morgan fingerprint density at radius 3 is 2.66 bits per heavy atom. The summed E-state index contributed by atoms with van der Waals surface area (Å²) in [5.74, 6) is 1.16. The number of nitrogen functional groups attached to an aromatic ring is 1. The molecule has 29 heavy (non-hydrogen) atoms. The van der Waals surface area contributed by atoms with Crippen LogP contribution < -0.4 is 10.6 Å². The van der Waals surface area contributed by atoms with Crippen molar-refractivity contribution in [3.63, 3.8) is 0 Å². The minimum atomic E-state index is -0.363. The van der Waals surface area contributed by atoms with Crippen LogP contribution >= 0.6 is 0 Å². The predicted molar refractivity (Wildman–Crippen MR) is 112 cm³/mol. The molecule has 3 aliphatic heterocycles. The van der Waals surface area contributed by atoms with Gasteiger partial charge in [0.2, 0.25) is 5.95 Å². The molecule has 1 spiro atoms. The SMILES string of the molecule is Cc1cc(N2CCC3(CC2)CN(CCN2CC[C@H](N(C)C)C2)C(=O)O3)nc(N)n1. The lowest BCUT2D eigenvalue weighted by Crippen LogP contribution is -2.47. The normalized spacial score (nSPS) is 24.7. The summed E-state index contributed by atoms with van der Waals surface area (Å²) in [7, 11) is 4.28. The number of aromatic nitrogens is 2. The molecule has 0 saturated carbocycles. The van der Waals surface area contributed by atoms with E-state index in [0.717, 1.165) is 63.6 Å². The second-order valence-electron chi connectivity index (χ2n) is 8.89. The smallest absolute Gasteiger partial charge is 0.410 e. The molecule has 4 heterocycles. The molecule has 1 amide bonds. The van der Waals surface area contributed by atoms with Crippen LogP contribution in [0.3, 0.4) is 0 Å². The number of hydrogen-bond acceptors (Lipinski definition) is 8. The Morgan fingerprint density at radius 1 is 1.24 bits per heavy atom. The molecule has 9 nitrogen and oxygen atoms in total. The summed E-state index contributed by atoms with van der Waals surface area (Å²) in [6.45, 7) is 8.06. The van der Waals surface area contributed by atoms with E-state index < -0.39 is 0 Å². The first-order valence-corrected chi connectivity index (χ1v) is 10.6. The Balaban J connectivity index is 1.29. The van der Waals surface area contributed by atoms with Crippen LogP contribution in [0, 0.1) is 6.92 Å². The van der Waals surface area contributed by atoms with Gasteiger partial charge in [0.1, 0.15) is 11.4 Å². The zero-order valence-electron chi connectivity index (χ0n) is 17.8. The molecule has 0 aromatic carbocycles. The van der Waals surface area contributed by atoms with Crippen LogP contribution in [0.4, 0.5) is 16.6 Å². The number of amides is 1. The number of anilines is 2. The van der Waals surface area contributed by atoms with Crippen LogP contribution in [0.2, 0.25) is 0 Å². The lowest BCUT2D eigenvalue weighted by atomic mass is 9.91. The standard InChI is InChI=1S/C20H33N7O2/c1-15-12-17(23-18(21)22-15)26-8-5-20(6-9-26)14-27(19(28)29-20)11-10-25-7-4-16(13-25)24(2)3/h12,16H,4-11,13-14H2,1-3H3,(H2,21,22,23)/t16-/m0/s1. The van der Waals surface area contributed by atoms with Crippen LogP contribution in [0.5, 0.6) is 0 Å². The molecule has 1 aromatic heterocycles. The van der Waals surface area contributed by atoms with Gasteiger partial charge in [-0.15, -0.1) is 0 Å². The van der Waals surface area contributed by atoms with Crippen molar-refractivity contribution >= 4 is 17.9 Å². The van der Waals surface area contributed by atoms with Gasteiger partial charge in [-0.3, -0.25) is 4.90 Å². The van der Waals surface area contributed by atoms with Gasteiger partial charge in [-0.2, -0.15) is 4.98 Å². The molecule has 1 atom stereocenters. The van der Waals surface area contributed by atoms with E-state index in [9.17, 15) is 4.79 Å². The number of likely N-dealkylation sites (N-methyl/N-ethyl adjacent to an activating group) is 1. The molecule has 3 saturated heterocycles. The van der Waals surface area contributed by atoms with Crippen molar-refractivity contribution < 1.29 is 9.53 Å². The molecule has 9 heteroatoms. The monoisotopic (exact) mass is 403 g/mol. The Labute approximate surface area is 172 Å². The first-order chi connectivity index (χ1) is 13.8. The van der Waals surface area contributed by atoms with Crippen molar-refractivity contribution in [1.82, 2.24) is 24.7 Å². The molecule has 3 aliphatic rings. The van der Waals surface area contributed by atoms with E-state index in [1.807, 2.05) is 17.9 Å². The van der Waals surface area contributed by atoms with Crippen molar-refractivity contribution in [2.24, 2.45) is 0 Å². The van der Waals surface area contributed by atoms with E-state index in [1.165, 1.54) is 6.42 Å². The Morgan fingerprint density at radius 2 is 2.00 bits per heavy atom. The van der Waals surface area contributed by atoms with E-state index >= 15 is 0 Å². The molecule has 4 rings (SSSR count). The maximum Gasteiger partial charge on any atom is 0.410 e. The van der Waals surface area contributed by atoms with E-state index in [1.54, 1.807) is 0 Å². The second kappa shape index (κ2) is 7.95. The molecular formula is C20H33N7O2. The fraction of sp³-hybridized carbons (Fsp3) is 0.750. The van der Waals surface area contributed by atoms with Crippen molar-refractivity contribution in [3.8, 4) is 0 Å². The number of ether oxygens (including phenoxy) is 1. The number of carbonyl (C=O) groups excluding carboxylic acids is 1. The number of piperidine rings is 1. The largest absolute Gasteiger partial charge is 0.441 e. The van der Waals surface area contributed by atoms with Crippen molar-refractivity contribution in [2.75, 3.05) is 70.5 Å². The van der Waals surface area contributed by atoms with Gasteiger partial charge < -0.3 is 25.2 Å². The van der Waals surface area contributed by atoms with Crippen molar-refractivity contribution in [3.05, 3.63) is 11.8 Å². The van der Waals surface area contributed by atoms with E-state index in [-0.39, 0.29) is 11.7 Å². The summed E-state index contributed by atoms with van der Waals surface area (Å²) in [5, 5.41) is 0. The fourth-order valence-electron chi connectivity index (χ4n) is 4.70. The highest BCUT2D eigenvalue weighted by Gasteiger charge is 2.47. The Kier molecular flexibility index (Phi) is 5.52. The fourth-order valence-corrected chi connectivity index (χ4v) is 4.70. The summed E-state index contributed by atoms with van der Waals surface area (Å²) in [4.78, 5) is 29.8. The first-order valence-electron chi connectivity index (χ1n) is 10.6. The summed E-state index contributed by atoms with van der Waals surface area (Å²) in [5.41, 5.74) is 6.30. The molecule has 1 aromatic rings. The van der Waals surface area contributed by atoms with E-state index in [4.69, 9.17) is 10.5 Å². The molecule has 2 N–H and O–H groups in total. The topological polar surface area (TPSA) is 91.1 Å². The van der Waals surface area contributed by atoms with E-state index in [0.29, 0.717) is 18.5 Å². The average molecular weight is 404 g/mol. The van der Waals surface area contributed by atoms with Crippen molar-refractivity contribution in [1.29, 1.82) is 0 Å². The molecule has 160 valence electrons. The summed E-state index contributed by atoms with van der Waals surface area (Å²) >= 11 is 0. The molecule has 0 aliphatic carbocycles. The third-order valence-electron chi connectivity index (χ3n) is 6.56. The molecule has 0 radical (unpaired) electrons. The quantitative estimate of drug-likeness (QED) is 0.772. The van der Waals surface area contributed by atoms with Gasteiger partial charge in [-0.05, 0) is 34.0 Å². The first kappa shape index (κ1) is 20.2. The average Bonchev–Trinajstić information content (AvgIpc) is 3.25. The highest BCUT2D eigenvalue weighted by Crippen LogP contribution is 2.34. The maximum atomic E-state index is 12.5. The minimum Gasteiger partial charge on any atom is -0.441 e. The van der Waals surface area contributed by atoms with Gasteiger partial charge in [-0.1, -0.05) is 0 Å². The summed E-state index contributed by atoms with van der Waals surface area (Å²) < 4.78 is 5.88. The lowest BCUT2D eigenvalue weighted by Gasteiger charge is -2.38. The van der Waals surface area contributed by atoms with Gasteiger partial charge in [0.25, 0.3) is 0 Å². The number of likely N-dealkylation sites (tertiary alicyclic amines) is 1. The van der Waals surface area contributed by atoms with Crippen LogP contribution in [0.25, 0.3) is 0 Å². The van der Waals surface area contributed by atoms with Crippen LogP contribution in [0.15, 0.2) is 6.07 Å². The predicted octanol–water partition coefficient (Wildman–Crippen LogP) is 0.794. The Hall–Kier alpha value is -2.13. The van der Waals surface area contributed by atoms with Crippen LogP contribution in [-0.2, 0) is 4.74 Å².